The molecule has 6 aliphatic rings. The summed E-state index contributed by atoms with van der Waals surface area (Å²) >= 11 is 0. The molecule has 0 bridgehead atoms. The van der Waals surface area contributed by atoms with Crippen LogP contribution in [0.25, 0.3) is 11.1 Å². The first-order valence-corrected chi connectivity index (χ1v) is 52.7. The van der Waals surface area contributed by atoms with Gasteiger partial charge in [-0.3, -0.25) is 9.59 Å². The van der Waals surface area contributed by atoms with Gasteiger partial charge in [-0.05, 0) is 111 Å². The molecule has 0 radical (unpaired) electrons. The lowest BCUT2D eigenvalue weighted by atomic mass is 9.94. The van der Waals surface area contributed by atoms with Gasteiger partial charge in [-0.25, -0.2) is 28.8 Å². The zero-order chi connectivity index (χ0) is 104. The number of benzene rings is 11. The van der Waals surface area contributed by atoms with Crippen LogP contribution < -0.4 is 0 Å². The largest absolute Gasteiger partial charge is 0.508 e. The van der Waals surface area contributed by atoms with Gasteiger partial charge in [-0.1, -0.05) is 313 Å². The molecule has 0 N–H and O–H groups in total. The normalized spacial score (nSPS) is 25.0. The van der Waals surface area contributed by atoms with Gasteiger partial charge in [0.2, 0.25) is 0 Å². The van der Waals surface area contributed by atoms with Crippen molar-refractivity contribution in [1.82, 2.24) is 0 Å². The van der Waals surface area contributed by atoms with Crippen LogP contribution in [0.1, 0.15) is 133 Å². The van der Waals surface area contributed by atoms with Crippen molar-refractivity contribution in [3.63, 3.8) is 0 Å². The number of hydrogen-bond donors (Lipinski definition) is 0. The van der Waals surface area contributed by atoms with E-state index in [9.17, 15) is 19.2 Å². The fraction of sp³-hybridized carbons (Fsp3) is 0.350. The van der Waals surface area contributed by atoms with E-state index >= 15 is 19.2 Å². The van der Waals surface area contributed by atoms with E-state index in [-0.39, 0.29) is 74.9 Å². The van der Waals surface area contributed by atoms with Crippen molar-refractivity contribution in [2.24, 2.45) is 0 Å². The number of Topliss-reactive ketones (excluding diaryl/α,β-unsaturated/α-hetero) is 1. The Morgan fingerprint density at radius 2 is 0.691 bits per heavy atom. The molecule has 32 heteroatoms. The van der Waals surface area contributed by atoms with Crippen LogP contribution >= 0.6 is 0 Å². The quantitative estimate of drug-likeness (QED) is 0.0113. The monoisotopic (exact) mass is 2050 g/mol. The van der Waals surface area contributed by atoms with E-state index in [1.165, 1.54) is 30.3 Å². The molecule has 149 heavy (non-hydrogen) atoms. The first kappa shape index (κ1) is 107. The SMILES string of the molecule is C=CCOC(=O)OC[C@H]1O[C@@H](O[C@@H]2[C@@H](OC(=O)c3ccccc3)[C@H](OCc3ccccc3)O[C@@H]3COC(c4ccccc4)O[C@@H]23)[C@H](OC(=O)c2ccccc2)[C@@H](O[C@@H]2O[C@H](COC(=O)CC(=O)CC)[C@@H](OCc3ccccc3)[C@H](O[C@@H]3O[C@H](COC(=O)OCC4c5ccccc5-c5ccccc54)[C@@H](OCc4ccccc4)[C@H](O[Si](C)(C)C(C)(C)C)[C@H]3OC(=O)c3ccccc3)[C@H]2OC(=O)c2ccccc2)[C@@H]1OCc1ccccc1. The summed E-state index contributed by atoms with van der Waals surface area (Å²) in [7, 11) is -3.34. The van der Waals surface area contributed by atoms with Crippen LogP contribution in [0.15, 0.2) is 334 Å². The highest BCUT2D eigenvalue weighted by Gasteiger charge is 2.63. The van der Waals surface area contributed by atoms with E-state index in [0.29, 0.717) is 27.8 Å². The molecule has 0 amide bonds. The van der Waals surface area contributed by atoms with Gasteiger partial charge >= 0.3 is 42.2 Å². The number of rotatable bonds is 42. The molecule has 0 spiro atoms. The summed E-state index contributed by atoms with van der Waals surface area (Å²) in [6.45, 7) is 11.3. The highest BCUT2D eigenvalue weighted by molar-refractivity contribution is 6.74. The topological polar surface area (TPSA) is 349 Å². The molecule has 11 aromatic rings. The number of fused-ring (bicyclic) bond motifs is 4. The molecule has 1 unspecified atom stereocenters. The van der Waals surface area contributed by atoms with Crippen molar-refractivity contribution in [3.8, 4) is 11.1 Å². The second-order valence-corrected chi connectivity index (χ2v) is 42.8. The summed E-state index contributed by atoms with van der Waals surface area (Å²) in [5, 5.41) is -0.657. The number of carbonyl (C=O) groups excluding carboxylic acids is 8. The van der Waals surface area contributed by atoms with Crippen LogP contribution in [0.5, 0.6) is 0 Å². The van der Waals surface area contributed by atoms with Crippen molar-refractivity contribution >= 4 is 56.3 Å². The van der Waals surface area contributed by atoms with Crippen molar-refractivity contribution < 1.29 is 147 Å². The maximum Gasteiger partial charge on any atom is 0.508 e. The van der Waals surface area contributed by atoms with Gasteiger partial charge in [0.1, 0.15) is 118 Å². The Hall–Kier alpha value is -13.6. The zero-order valence-corrected chi connectivity index (χ0v) is 84.2. The maximum absolute atomic E-state index is 16.3. The second kappa shape index (κ2) is 51.1. The first-order chi connectivity index (χ1) is 72.5. The van der Waals surface area contributed by atoms with Crippen LogP contribution in [0.2, 0.25) is 18.1 Å². The molecule has 5 aliphatic heterocycles. The number of ketones is 1. The fourth-order valence-corrected chi connectivity index (χ4v) is 19.5. The molecule has 31 nitrogen and oxygen atoms in total. The lowest BCUT2D eigenvalue weighted by Crippen LogP contribution is -2.70. The van der Waals surface area contributed by atoms with Gasteiger partial charge in [0, 0.05) is 17.9 Å². The van der Waals surface area contributed by atoms with Gasteiger partial charge in [0.15, 0.2) is 64.2 Å². The summed E-state index contributed by atoms with van der Waals surface area (Å²) in [5.74, 6) is -5.88. The van der Waals surface area contributed by atoms with Crippen LogP contribution in [0.4, 0.5) is 9.59 Å². The second-order valence-electron chi connectivity index (χ2n) is 38.0. The van der Waals surface area contributed by atoms with Crippen LogP contribution in [-0.2, 0) is 145 Å². The molecule has 5 saturated heterocycles. The Kier molecular flexibility index (Phi) is 36.6. The maximum atomic E-state index is 16.3. The highest BCUT2D eigenvalue weighted by Crippen LogP contribution is 2.48. The summed E-state index contributed by atoms with van der Waals surface area (Å²) in [6, 6.07) is 92.6. The Labute approximate surface area is 864 Å². The number of carbonyl (C=O) groups is 8. The minimum Gasteiger partial charge on any atom is -0.462 e. The van der Waals surface area contributed by atoms with E-state index < -0.39 is 223 Å². The third kappa shape index (κ3) is 27.4. The first-order valence-electron chi connectivity index (χ1n) is 49.8. The van der Waals surface area contributed by atoms with Crippen molar-refractivity contribution in [2.45, 2.75) is 220 Å². The Morgan fingerprint density at radius 3 is 1.09 bits per heavy atom. The Balaban J connectivity index is 0.864. The van der Waals surface area contributed by atoms with E-state index in [1.54, 1.807) is 189 Å². The van der Waals surface area contributed by atoms with E-state index in [4.69, 9.17) is 109 Å². The molecule has 21 atom stereocenters. The van der Waals surface area contributed by atoms with Gasteiger partial charge in [0.05, 0.1) is 55.3 Å². The molecular formula is C117H120O31Si. The van der Waals surface area contributed by atoms with E-state index in [2.05, 4.69) is 6.58 Å². The van der Waals surface area contributed by atoms with Gasteiger partial charge in [-0.15, -0.1) is 0 Å². The average Bonchev–Trinajstić information content (AvgIpc) is 1.24. The van der Waals surface area contributed by atoms with Gasteiger partial charge < -0.3 is 109 Å². The summed E-state index contributed by atoms with van der Waals surface area (Å²) in [6.07, 6.45) is -38.8. The molecule has 11 aromatic carbocycles. The lowest BCUT2D eigenvalue weighted by Gasteiger charge is -2.53. The van der Waals surface area contributed by atoms with Crippen LogP contribution in [0, 0.1) is 0 Å². The summed E-state index contributed by atoms with van der Waals surface area (Å²) in [5.41, 5.74) is 6.81. The molecule has 0 saturated carbocycles. The molecule has 1 aliphatic carbocycles. The summed E-state index contributed by atoms with van der Waals surface area (Å²) in [4.78, 5) is 121. The lowest BCUT2D eigenvalue weighted by molar-refractivity contribution is -0.405. The smallest absolute Gasteiger partial charge is 0.462 e. The number of ether oxygens (including phenoxy) is 22. The molecule has 0 aromatic heterocycles. The third-order valence-electron chi connectivity index (χ3n) is 26.9. The minimum absolute atomic E-state index is 0.0461. The summed E-state index contributed by atoms with van der Waals surface area (Å²) < 4.78 is 161. The van der Waals surface area contributed by atoms with E-state index in [0.717, 1.165) is 22.3 Å². The molecule has 778 valence electrons. The standard InChI is InChI=1S/C117H120O31Si/c1-8-63-126-115(124)134-72-90-95(129-66-75-43-21-11-22-44-75)99(104(142-108(122)80-53-31-16-32-54-80)113(138-90)147-100-97-92(71-132-110(144-97)82-57-35-18-36-58-82)136-111(131-68-77-47-25-13-26-48-77)102(100)140-106(120)78-49-27-14-28-50-78)145-112-103(141-107(121)79-51-29-15-30-52-79)98(94(128-65-74-41-19-10-20-42-74)89(137-112)70-127-93(119)64-83(118)9-2)146-114-105(143-109(123)81-55-33-17-34-56-81)101(148-149(6,7)117(3,4)5)96(130-67-76-45-23-12-24-46-76)91(139-114)73-135-116(125)133-69-88-86-61-39-37-59-84(86)85-60-38-40-62-87(85)88/h8,10-62,88-92,94-105,110-114H,1,9,63-73H2,2-7H3/t89-,90-,91-,92-,94-,95-,96-,97-,98+,99+,100+,101+,102-,103-,104-,105-,110?,111-,112+,113+,114+/m1/s1. The van der Waals surface area contributed by atoms with Crippen molar-refractivity contribution in [3.05, 3.63) is 395 Å². The fourth-order valence-electron chi connectivity index (χ4n) is 18.2. The third-order valence-corrected chi connectivity index (χ3v) is 31.4. The predicted molar refractivity (Wildman–Crippen MR) is 540 cm³/mol. The van der Waals surface area contributed by atoms with Gasteiger partial charge in [0.25, 0.3) is 0 Å². The number of esters is 5. The van der Waals surface area contributed by atoms with Crippen LogP contribution in [0.3, 0.4) is 0 Å². The zero-order valence-electron chi connectivity index (χ0n) is 83.2. The van der Waals surface area contributed by atoms with Gasteiger partial charge in [-0.2, -0.15) is 0 Å². The van der Waals surface area contributed by atoms with Crippen molar-refractivity contribution in [2.75, 3.05) is 39.6 Å². The van der Waals surface area contributed by atoms with Crippen molar-refractivity contribution in [1.29, 1.82) is 0 Å². The van der Waals surface area contributed by atoms with E-state index in [1.807, 2.05) is 149 Å². The Bertz CT molecular complexity index is 6170. The Morgan fingerprint density at radius 1 is 0.356 bits per heavy atom. The average molecular weight is 2050 g/mol. The predicted octanol–water partition coefficient (Wildman–Crippen LogP) is 18.6. The minimum atomic E-state index is -3.34. The highest BCUT2D eigenvalue weighted by atomic mass is 28.4. The molecular weight excluding hydrogens is 1930 g/mol. The molecule has 5 heterocycles. The molecule has 5 fully saturated rings. The van der Waals surface area contributed by atoms with Crippen LogP contribution in [-0.4, -0.2) is 219 Å². The number of hydrogen-bond acceptors (Lipinski definition) is 31. The molecule has 17 rings (SSSR count).